The topological polar surface area (TPSA) is 29.3 Å². The summed E-state index contributed by atoms with van der Waals surface area (Å²) < 4.78 is 0. The van der Waals surface area contributed by atoms with E-state index in [0.29, 0.717) is 0 Å². The van der Waals surface area contributed by atoms with Gasteiger partial charge in [-0.3, -0.25) is 0 Å². The van der Waals surface area contributed by atoms with Gasteiger partial charge in [-0.15, -0.1) is 11.3 Å². The highest BCUT2D eigenvalue weighted by molar-refractivity contribution is 7.09. The first-order chi connectivity index (χ1) is 9.24. The molecule has 100 valence electrons. The van der Waals surface area contributed by atoms with Gasteiger partial charge in [0, 0.05) is 22.6 Å². The van der Waals surface area contributed by atoms with E-state index in [2.05, 4.69) is 46.7 Å². The van der Waals surface area contributed by atoms with Crippen LogP contribution in [-0.4, -0.2) is 6.04 Å². The average Bonchev–Trinajstić information content (AvgIpc) is 3.13. The molecule has 1 unspecified atom stereocenters. The second kappa shape index (κ2) is 5.35. The summed E-state index contributed by atoms with van der Waals surface area (Å²) in [7, 11) is 0. The van der Waals surface area contributed by atoms with Gasteiger partial charge in [0.1, 0.15) is 0 Å². The first-order valence-electron chi connectivity index (χ1n) is 6.88. The lowest BCUT2D eigenvalue weighted by atomic mass is 10.1. The second-order valence-electron chi connectivity index (χ2n) is 5.32. The van der Waals surface area contributed by atoms with Crippen LogP contribution in [-0.2, 0) is 6.54 Å². The van der Waals surface area contributed by atoms with Crippen molar-refractivity contribution in [2.24, 2.45) is 5.73 Å². The Bertz CT molecular complexity index is 512. The van der Waals surface area contributed by atoms with Crippen molar-refractivity contribution in [2.45, 2.75) is 38.4 Å². The molecule has 0 spiro atoms. The summed E-state index contributed by atoms with van der Waals surface area (Å²) in [4.78, 5) is 3.96. The van der Waals surface area contributed by atoms with Crippen LogP contribution in [0.4, 0.5) is 5.69 Å². The van der Waals surface area contributed by atoms with Gasteiger partial charge in [0.05, 0.1) is 6.54 Å². The summed E-state index contributed by atoms with van der Waals surface area (Å²) in [6.45, 7) is 3.05. The molecule has 0 aliphatic heterocycles. The van der Waals surface area contributed by atoms with E-state index >= 15 is 0 Å². The maximum Gasteiger partial charge on any atom is 0.0525 e. The van der Waals surface area contributed by atoms with Crippen molar-refractivity contribution in [3.05, 3.63) is 52.2 Å². The van der Waals surface area contributed by atoms with Crippen LogP contribution in [0.2, 0.25) is 0 Å². The molecule has 0 amide bonds. The van der Waals surface area contributed by atoms with Crippen LogP contribution >= 0.6 is 11.3 Å². The third-order valence-electron chi connectivity index (χ3n) is 3.64. The van der Waals surface area contributed by atoms with Gasteiger partial charge >= 0.3 is 0 Å². The highest BCUT2D eigenvalue weighted by Gasteiger charge is 2.29. The molecule has 0 bridgehead atoms. The number of nitrogens with zero attached hydrogens (tertiary/aromatic N) is 1. The zero-order chi connectivity index (χ0) is 13.2. The lowest BCUT2D eigenvalue weighted by Gasteiger charge is -2.24. The Kier molecular flexibility index (Phi) is 3.58. The summed E-state index contributed by atoms with van der Waals surface area (Å²) in [6.07, 6.45) is 2.64. The zero-order valence-corrected chi connectivity index (χ0v) is 12.1. The first-order valence-corrected chi connectivity index (χ1v) is 7.76. The van der Waals surface area contributed by atoms with Crippen LogP contribution in [0.1, 0.15) is 36.2 Å². The van der Waals surface area contributed by atoms with Gasteiger partial charge in [0.25, 0.3) is 0 Å². The van der Waals surface area contributed by atoms with Gasteiger partial charge in [-0.1, -0.05) is 18.2 Å². The number of rotatable bonds is 5. The fourth-order valence-corrected chi connectivity index (χ4v) is 3.06. The molecule has 1 aliphatic carbocycles. The molecule has 1 fully saturated rings. The highest BCUT2D eigenvalue weighted by atomic mass is 32.1. The molecule has 3 rings (SSSR count). The molecule has 0 saturated heterocycles. The predicted octanol–water partition coefficient (Wildman–Crippen LogP) is 3.94. The van der Waals surface area contributed by atoms with E-state index in [0.717, 1.165) is 12.6 Å². The molecule has 1 aromatic carbocycles. The van der Waals surface area contributed by atoms with Crippen molar-refractivity contribution in [3.8, 4) is 0 Å². The molecular weight excluding hydrogens is 252 g/mol. The van der Waals surface area contributed by atoms with Crippen LogP contribution in [0.3, 0.4) is 0 Å². The number of hydrogen-bond donors (Lipinski definition) is 1. The fourth-order valence-electron chi connectivity index (χ4n) is 2.36. The van der Waals surface area contributed by atoms with E-state index in [1.54, 1.807) is 0 Å². The molecule has 1 heterocycles. The van der Waals surface area contributed by atoms with Crippen molar-refractivity contribution in [1.29, 1.82) is 0 Å². The summed E-state index contributed by atoms with van der Waals surface area (Å²) in [6, 6.07) is 13.9. The highest BCUT2D eigenvalue weighted by Crippen LogP contribution is 2.34. The number of hydrogen-bond acceptors (Lipinski definition) is 3. The van der Waals surface area contributed by atoms with Gasteiger partial charge in [0.2, 0.25) is 0 Å². The van der Waals surface area contributed by atoms with Crippen LogP contribution in [0.5, 0.6) is 0 Å². The summed E-state index contributed by atoms with van der Waals surface area (Å²) >= 11 is 1.84. The fraction of sp³-hybridized carbons (Fsp3) is 0.375. The van der Waals surface area contributed by atoms with Crippen LogP contribution in [0.15, 0.2) is 41.8 Å². The minimum absolute atomic E-state index is 0.112. The van der Waals surface area contributed by atoms with Gasteiger partial charge in [-0.25, -0.2) is 0 Å². The molecule has 2 N–H and O–H groups in total. The third kappa shape index (κ3) is 2.99. The van der Waals surface area contributed by atoms with Crippen molar-refractivity contribution in [2.75, 3.05) is 4.90 Å². The van der Waals surface area contributed by atoms with Crippen molar-refractivity contribution < 1.29 is 0 Å². The van der Waals surface area contributed by atoms with Crippen molar-refractivity contribution >= 4 is 17.0 Å². The second-order valence-corrected chi connectivity index (χ2v) is 6.35. The monoisotopic (exact) mass is 272 g/mol. The molecule has 1 saturated carbocycles. The molecule has 2 aromatic rings. The van der Waals surface area contributed by atoms with Gasteiger partial charge < -0.3 is 10.6 Å². The quantitative estimate of drug-likeness (QED) is 0.893. The van der Waals surface area contributed by atoms with E-state index in [1.165, 1.54) is 29.0 Å². The number of benzene rings is 1. The van der Waals surface area contributed by atoms with E-state index in [1.807, 2.05) is 18.3 Å². The minimum Gasteiger partial charge on any atom is -0.363 e. The number of nitrogens with two attached hydrogens (primary N) is 1. The summed E-state index contributed by atoms with van der Waals surface area (Å²) in [5.74, 6) is 0. The lowest BCUT2D eigenvalue weighted by Crippen LogP contribution is -2.24. The maximum absolute atomic E-state index is 5.91. The van der Waals surface area contributed by atoms with E-state index < -0.39 is 0 Å². The Morgan fingerprint density at radius 2 is 2.00 bits per heavy atom. The molecular formula is C16H20N2S. The standard InChI is InChI=1S/C16H20N2S/c1-12(17)13-4-6-14(7-5-13)18(15-8-9-15)11-16-3-2-10-19-16/h2-7,10,12,15H,8-9,11,17H2,1H3. The maximum atomic E-state index is 5.91. The van der Waals surface area contributed by atoms with Gasteiger partial charge in [-0.2, -0.15) is 0 Å². The van der Waals surface area contributed by atoms with Crippen LogP contribution in [0.25, 0.3) is 0 Å². The molecule has 19 heavy (non-hydrogen) atoms. The lowest BCUT2D eigenvalue weighted by molar-refractivity contribution is 0.796. The smallest absolute Gasteiger partial charge is 0.0525 e. The first kappa shape index (κ1) is 12.7. The Morgan fingerprint density at radius 3 is 2.53 bits per heavy atom. The Hall–Kier alpha value is -1.32. The van der Waals surface area contributed by atoms with E-state index in [4.69, 9.17) is 5.73 Å². The Morgan fingerprint density at radius 1 is 1.26 bits per heavy atom. The molecule has 0 radical (unpaired) electrons. The van der Waals surface area contributed by atoms with Crippen LogP contribution < -0.4 is 10.6 Å². The van der Waals surface area contributed by atoms with Crippen molar-refractivity contribution in [3.63, 3.8) is 0 Å². The SMILES string of the molecule is CC(N)c1ccc(N(Cc2cccs2)C2CC2)cc1. The van der Waals surface area contributed by atoms with E-state index in [-0.39, 0.29) is 6.04 Å². The Labute approximate surface area is 118 Å². The summed E-state index contributed by atoms with van der Waals surface area (Å²) in [5.41, 5.74) is 8.43. The Balaban J connectivity index is 1.79. The zero-order valence-electron chi connectivity index (χ0n) is 11.3. The minimum atomic E-state index is 0.112. The molecule has 1 aliphatic rings. The predicted molar refractivity (Wildman–Crippen MR) is 82.6 cm³/mol. The van der Waals surface area contributed by atoms with Gasteiger partial charge in [0.15, 0.2) is 0 Å². The molecule has 1 aromatic heterocycles. The summed E-state index contributed by atoms with van der Waals surface area (Å²) in [5, 5.41) is 2.15. The molecule has 1 atom stereocenters. The number of thiophene rings is 1. The average molecular weight is 272 g/mol. The molecule has 3 heteroatoms. The normalized spacial score (nSPS) is 16.3. The van der Waals surface area contributed by atoms with Gasteiger partial charge in [-0.05, 0) is 48.9 Å². The van der Waals surface area contributed by atoms with E-state index in [9.17, 15) is 0 Å². The third-order valence-corrected chi connectivity index (χ3v) is 4.51. The van der Waals surface area contributed by atoms with Crippen molar-refractivity contribution in [1.82, 2.24) is 0 Å². The molecule has 2 nitrogen and oxygen atoms in total. The number of anilines is 1. The largest absolute Gasteiger partial charge is 0.363 e. The van der Waals surface area contributed by atoms with Crippen LogP contribution in [0, 0.1) is 0 Å².